The number of hydrogen-bond acceptors (Lipinski definition) is 4. The second-order valence-corrected chi connectivity index (χ2v) is 9.05. The first-order chi connectivity index (χ1) is 11.6. The summed E-state index contributed by atoms with van der Waals surface area (Å²) >= 11 is 0. The van der Waals surface area contributed by atoms with Crippen molar-refractivity contribution in [3.63, 3.8) is 0 Å². The fourth-order valence-electron chi connectivity index (χ4n) is 2.25. The molecule has 0 aliphatic carbocycles. The lowest BCUT2D eigenvalue weighted by molar-refractivity contribution is 0.111. The number of carbonyl (C=O) groups excluding carboxylic acids is 1. The second kappa shape index (κ2) is 8.91. The maximum atomic E-state index is 12.8. The number of terminal acetylenes is 1. The van der Waals surface area contributed by atoms with Crippen molar-refractivity contribution in [3.05, 3.63) is 35.4 Å². The van der Waals surface area contributed by atoms with Gasteiger partial charge in [0.05, 0.1) is 17.1 Å². The highest BCUT2D eigenvalue weighted by Crippen LogP contribution is 2.24. The molecule has 0 spiro atoms. The predicted molar refractivity (Wildman–Crippen MR) is 100.0 cm³/mol. The van der Waals surface area contributed by atoms with E-state index in [-0.39, 0.29) is 17.8 Å². The van der Waals surface area contributed by atoms with Crippen molar-refractivity contribution in [2.45, 2.75) is 52.0 Å². The largest absolute Gasteiger partial charge is 0.447 e. The minimum atomic E-state index is -3.47. The zero-order chi connectivity index (χ0) is 19.2. The Balaban J connectivity index is 2.90. The quantitative estimate of drug-likeness (QED) is 0.753. The van der Waals surface area contributed by atoms with Gasteiger partial charge in [0.2, 0.25) is 0 Å². The number of ether oxygens (including phenoxy) is 1. The number of rotatable bonds is 7. The lowest BCUT2D eigenvalue weighted by atomic mass is 10.1. The number of benzene rings is 1. The van der Waals surface area contributed by atoms with Crippen molar-refractivity contribution in [3.8, 4) is 12.3 Å². The molecule has 5 nitrogen and oxygen atoms in total. The van der Waals surface area contributed by atoms with Gasteiger partial charge < -0.3 is 10.1 Å². The number of sulfone groups is 1. The maximum Gasteiger partial charge on any atom is 0.407 e. The first-order valence-electron chi connectivity index (χ1n) is 8.32. The molecule has 138 valence electrons. The molecule has 6 heteroatoms. The van der Waals surface area contributed by atoms with Crippen LogP contribution in [0.25, 0.3) is 0 Å². The van der Waals surface area contributed by atoms with Crippen LogP contribution in [0.2, 0.25) is 0 Å². The summed E-state index contributed by atoms with van der Waals surface area (Å²) < 4.78 is 30.6. The van der Waals surface area contributed by atoms with Gasteiger partial charge in [-0.25, -0.2) is 13.2 Å². The molecule has 1 aromatic rings. The van der Waals surface area contributed by atoms with E-state index in [1.165, 1.54) is 0 Å². The topological polar surface area (TPSA) is 72.5 Å². The molecule has 1 rings (SSSR count). The molecule has 0 heterocycles. The zero-order valence-electron chi connectivity index (χ0n) is 15.4. The van der Waals surface area contributed by atoms with Gasteiger partial charge in [-0.1, -0.05) is 31.9 Å². The molecule has 0 aromatic heterocycles. The highest BCUT2D eigenvalue weighted by Gasteiger charge is 2.29. The Hall–Kier alpha value is -2.00. The van der Waals surface area contributed by atoms with Crippen LogP contribution in [-0.4, -0.2) is 32.4 Å². The standard InChI is InChI=1S/C19H27NO4S/c1-7-16-8-10-17(11-9-16)15(6)25(22,23)12-18(13(2)3)20-19(21)24-14(4)5/h1,8-11,13-15,18H,12H2,2-6H3,(H,20,21). The van der Waals surface area contributed by atoms with Crippen LogP contribution in [0.3, 0.4) is 0 Å². The SMILES string of the molecule is C#Cc1ccc(C(C)S(=O)(=O)CC(NC(=O)OC(C)C)C(C)C)cc1. The highest BCUT2D eigenvalue weighted by atomic mass is 32.2. The Bertz CT molecular complexity index is 715. The van der Waals surface area contributed by atoms with E-state index in [1.807, 2.05) is 13.8 Å². The third-order valence-corrected chi connectivity index (χ3v) is 6.12. The van der Waals surface area contributed by atoms with E-state index in [2.05, 4.69) is 11.2 Å². The van der Waals surface area contributed by atoms with Crippen LogP contribution in [0.4, 0.5) is 4.79 Å². The fourth-order valence-corrected chi connectivity index (χ4v) is 4.08. The van der Waals surface area contributed by atoms with Crippen molar-refractivity contribution < 1.29 is 17.9 Å². The molecule has 2 atom stereocenters. The maximum absolute atomic E-state index is 12.8. The van der Waals surface area contributed by atoms with Gasteiger partial charge in [-0.2, -0.15) is 0 Å². The van der Waals surface area contributed by atoms with E-state index in [0.29, 0.717) is 11.1 Å². The number of amides is 1. The van der Waals surface area contributed by atoms with Gasteiger partial charge in [-0.15, -0.1) is 6.42 Å². The summed E-state index contributed by atoms with van der Waals surface area (Å²) in [5.41, 5.74) is 1.37. The van der Waals surface area contributed by atoms with E-state index in [1.54, 1.807) is 45.0 Å². The Morgan fingerprint density at radius 3 is 2.16 bits per heavy atom. The van der Waals surface area contributed by atoms with Crippen molar-refractivity contribution >= 4 is 15.9 Å². The van der Waals surface area contributed by atoms with E-state index in [4.69, 9.17) is 11.2 Å². The van der Waals surface area contributed by atoms with Crippen molar-refractivity contribution in [1.29, 1.82) is 0 Å². The van der Waals surface area contributed by atoms with E-state index in [0.717, 1.165) is 0 Å². The highest BCUT2D eigenvalue weighted by molar-refractivity contribution is 7.91. The lowest BCUT2D eigenvalue weighted by Crippen LogP contribution is -2.44. The third kappa shape index (κ3) is 6.43. The van der Waals surface area contributed by atoms with Gasteiger partial charge in [0, 0.05) is 11.6 Å². The molecule has 0 saturated heterocycles. The first kappa shape index (κ1) is 21.0. The number of hydrogen-bond donors (Lipinski definition) is 1. The molecule has 0 fully saturated rings. The number of carbonyl (C=O) groups is 1. The minimum Gasteiger partial charge on any atom is -0.447 e. The summed E-state index contributed by atoms with van der Waals surface area (Å²) in [6.07, 6.45) is 4.45. The molecule has 2 unspecified atom stereocenters. The molecule has 0 aliphatic rings. The molecule has 1 amide bonds. The van der Waals surface area contributed by atoms with E-state index < -0.39 is 27.2 Å². The first-order valence-corrected chi connectivity index (χ1v) is 10.0. The summed E-state index contributed by atoms with van der Waals surface area (Å²) in [6.45, 7) is 8.85. The molecule has 0 radical (unpaired) electrons. The van der Waals surface area contributed by atoms with Crippen LogP contribution in [0.1, 0.15) is 51.0 Å². The molecule has 0 aliphatic heterocycles. The van der Waals surface area contributed by atoms with Crippen molar-refractivity contribution in [2.24, 2.45) is 5.92 Å². The average molecular weight is 365 g/mol. The Morgan fingerprint density at radius 1 is 1.16 bits per heavy atom. The predicted octanol–water partition coefficient (Wildman–Crippen LogP) is 3.30. The minimum absolute atomic E-state index is 0.0505. The molecule has 0 bridgehead atoms. The van der Waals surface area contributed by atoms with E-state index in [9.17, 15) is 13.2 Å². The Labute approximate surface area is 151 Å². The van der Waals surface area contributed by atoms with Crippen LogP contribution < -0.4 is 5.32 Å². The van der Waals surface area contributed by atoms with E-state index >= 15 is 0 Å². The molecule has 1 N–H and O–H groups in total. The number of nitrogens with one attached hydrogen (secondary N) is 1. The molecule has 1 aromatic carbocycles. The Kier molecular flexibility index (Phi) is 7.50. The molecular formula is C19H27NO4S. The summed E-state index contributed by atoms with van der Waals surface area (Å²) in [5.74, 6) is 2.30. The summed E-state index contributed by atoms with van der Waals surface area (Å²) in [6, 6.07) is 6.37. The fraction of sp³-hybridized carbons (Fsp3) is 0.526. The van der Waals surface area contributed by atoms with Gasteiger partial charge in [0.25, 0.3) is 0 Å². The second-order valence-electron chi connectivity index (χ2n) is 6.69. The third-order valence-electron chi connectivity index (χ3n) is 3.95. The average Bonchev–Trinajstić information content (AvgIpc) is 2.52. The van der Waals surface area contributed by atoms with Crippen LogP contribution in [0, 0.1) is 18.3 Å². The monoisotopic (exact) mass is 365 g/mol. The summed E-state index contributed by atoms with van der Waals surface area (Å²) in [5, 5.41) is 1.97. The molecule has 0 saturated carbocycles. The zero-order valence-corrected chi connectivity index (χ0v) is 16.3. The van der Waals surface area contributed by atoms with Gasteiger partial charge in [-0.3, -0.25) is 0 Å². The van der Waals surface area contributed by atoms with Gasteiger partial charge in [0.15, 0.2) is 9.84 Å². The van der Waals surface area contributed by atoms with Crippen LogP contribution in [0.15, 0.2) is 24.3 Å². The normalized spacial score (nSPS) is 14.0. The summed E-state index contributed by atoms with van der Waals surface area (Å²) in [7, 11) is -3.47. The van der Waals surface area contributed by atoms with Gasteiger partial charge in [-0.05, 0) is 44.4 Å². The van der Waals surface area contributed by atoms with Crippen LogP contribution in [-0.2, 0) is 14.6 Å². The van der Waals surface area contributed by atoms with Crippen LogP contribution >= 0.6 is 0 Å². The smallest absolute Gasteiger partial charge is 0.407 e. The molecule has 25 heavy (non-hydrogen) atoms. The van der Waals surface area contributed by atoms with Gasteiger partial charge in [0.1, 0.15) is 0 Å². The van der Waals surface area contributed by atoms with Crippen molar-refractivity contribution in [2.75, 3.05) is 5.75 Å². The summed E-state index contributed by atoms with van der Waals surface area (Å²) in [4.78, 5) is 11.8. The molecular weight excluding hydrogens is 338 g/mol. The van der Waals surface area contributed by atoms with Crippen LogP contribution in [0.5, 0.6) is 0 Å². The lowest BCUT2D eigenvalue weighted by Gasteiger charge is -2.24. The number of alkyl carbamates (subject to hydrolysis) is 1. The van der Waals surface area contributed by atoms with Gasteiger partial charge >= 0.3 is 6.09 Å². The Morgan fingerprint density at radius 2 is 1.72 bits per heavy atom. The van der Waals surface area contributed by atoms with Crippen molar-refractivity contribution in [1.82, 2.24) is 5.32 Å².